The summed E-state index contributed by atoms with van der Waals surface area (Å²) in [4.78, 5) is 24.1. The number of carbonyl (C=O) groups is 1. The molecule has 0 aliphatic carbocycles. The summed E-state index contributed by atoms with van der Waals surface area (Å²) in [5.41, 5.74) is 0.684. The monoisotopic (exact) mass is 464 g/mol. The number of ether oxygens (including phenoxy) is 2. The fourth-order valence-electron chi connectivity index (χ4n) is 4.82. The highest BCUT2D eigenvalue weighted by Crippen LogP contribution is 2.31. The van der Waals surface area contributed by atoms with E-state index in [9.17, 15) is 4.79 Å². The van der Waals surface area contributed by atoms with Crippen LogP contribution in [0, 0.1) is 5.92 Å². The Morgan fingerprint density at radius 2 is 2.18 bits per heavy atom. The van der Waals surface area contributed by atoms with Crippen LogP contribution in [-0.2, 0) is 11.2 Å². The minimum Gasteiger partial charge on any atom is -0.486 e. The van der Waals surface area contributed by atoms with Gasteiger partial charge in [-0.2, -0.15) is 0 Å². The van der Waals surface area contributed by atoms with E-state index in [0.717, 1.165) is 55.4 Å². The summed E-state index contributed by atoms with van der Waals surface area (Å²) < 4.78 is 13.1. The van der Waals surface area contributed by atoms with Crippen molar-refractivity contribution in [3.63, 3.8) is 0 Å². The molecule has 0 saturated carbocycles. The fraction of sp³-hybridized carbons (Fsp3) is 0.480. The minimum absolute atomic E-state index is 0.109. The second-order valence-corrected chi connectivity index (χ2v) is 9.21. The molecule has 2 aromatic rings. The molecule has 1 aromatic heterocycles. The van der Waals surface area contributed by atoms with Crippen LogP contribution in [0.4, 0.5) is 0 Å². The maximum atomic E-state index is 12.7. The molecular formula is C25H32N6O3. The molecule has 1 amide bonds. The first-order valence-electron chi connectivity index (χ1n) is 12.0. The molecule has 5 rings (SSSR count). The number of imidazole rings is 1. The van der Waals surface area contributed by atoms with Crippen LogP contribution in [0.3, 0.4) is 0 Å². The van der Waals surface area contributed by atoms with Gasteiger partial charge in [-0.1, -0.05) is 6.07 Å². The lowest BCUT2D eigenvalue weighted by molar-refractivity contribution is -0.122. The molecule has 3 aliphatic heterocycles. The molecule has 9 heteroatoms. The molecule has 0 spiro atoms. The van der Waals surface area contributed by atoms with Crippen LogP contribution in [0.1, 0.15) is 31.7 Å². The molecule has 180 valence electrons. The number of rotatable bonds is 6. The van der Waals surface area contributed by atoms with Crippen LogP contribution in [0.15, 0.2) is 54.2 Å². The molecule has 2 atom stereocenters. The van der Waals surface area contributed by atoms with Gasteiger partial charge in [-0.25, -0.2) is 9.98 Å². The number of aromatic nitrogens is 2. The highest BCUT2D eigenvalue weighted by Gasteiger charge is 2.35. The molecular weight excluding hydrogens is 432 g/mol. The van der Waals surface area contributed by atoms with E-state index in [-0.39, 0.29) is 5.91 Å². The molecule has 2 N–H and O–H groups in total. The maximum Gasteiger partial charge on any atom is 0.220 e. The number of hydrogen-bond acceptors (Lipinski definition) is 7. The van der Waals surface area contributed by atoms with Gasteiger partial charge in [0.25, 0.3) is 0 Å². The molecule has 1 fully saturated rings. The fourth-order valence-corrected chi connectivity index (χ4v) is 4.82. The smallest absolute Gasteiger partial charge is 0.220 e. The third-order valence-electron chi connectivity index (χ3n) is 6.67. The molecule has 1 saturated heterocycles. The molecule has 3 aliphatic rings. The number of piperidine rings is 1. The second-order valence-electron chi connectivity index (χ2n) is 9.21. The molecule has 2 unspecified atom stereocenters. The van der Waals surface area contributed by atoms with E-state index in [0.29, 0.717) is 32.1 Å². The summed E-state index contributed by atoms with van der Waals surface area (Å²) in [6.45, 7) is 5.70. The highest BCUT2D eigenvalue weighted by atomic mass is 16.6. The zero-order valence-corrected chi connectivity index (χ0v) is 19.6. The summed E-state index contributed by atoms with van der Waals surface area (Å²) in [5, 5.41) is 6.30. The number of benzene rings is 1. The summed E-state index contributed by atoms with van der Waals surface area (Å²) >= 11 is 0. The van der Waals surface area contributed by atoms with Gasteiger partial charge in [0.1, 0.15) is 25.2 Å². The van der Waals surface area contributed by atoms with Gasteiger partial charge >= 0.3 is 0 Å². The van der Waals surface area contributed by atoms with E-state index in [1.54, 1.807) is 12.5 Å². The van der Waals surface area contributed by atoms with E-state index in [2.05, 4.69) is 33.5 Å². The lowest BCUT2D eigenvalue weighted by Crippen LogP contribution is -2.52. The average molecular weight is 465 g/mol. The average Bonchev–Trinajstić information content (AvgIpc) is 3.39. The van der Waals surface area contributed by atoms with Gasteiger partial charge in [-0.05, 0) is 55.9 Å². The Hall–Kier alpha value is -3.33. The zero-order chi connectivity index (χ0) is 23.4. The Morgan fingerprint density at radius 1 is 1.29 bits per heavy atom. The number of aliphatic imine (C=N–C) groups is 1. The van der Waals surface area contributed by atoms with Crippen LogP contribution >= 0.6 is 0 Å². The van der Waals surface area contributed by atoms with E-state index >= 15 is 0 Å². The van der Waals surface area contributed by atoms with Gasteiger partial charge < -0.3 is 20.1 Å². The lowest BCUT2D eigenvalue weighted by atomic mass is 9.92. The SMILES string of the molecule is CC1(N2CCCC(CC(=O)NCCc3ccc4c(c3)OCCO4)C2)C=CNC(n2ccnc2)=N1. The van der Waals surface area contributed by atoms with Crippen LogP contribution in [-0.4, -0.2) is 64.8 Å². The molecule has 1 aromatic carbocycles. The van der Waals surface area contributed by atoms with Crippen molar-refractivity contribution < 1.29 is 14.3 Å². The van der Waals surface area contributed by atoms with Gasteiger partial charge in [-0.15, -0.1) is 0 Å². The topological polar surface area (TPSA) is 93.0 Å². The predicted molar refractivity (Wildman–Crippen MR) is 129 cm³/mol. The van der Waals surface area contributed by atoms with Crippen molar-refractivity contribution in [2.45, 2.75) is 38.3 Å². The number of nitrogens with one attached hydrogen (secondary N) is 2. The summed E-state index contributed by atoms with van der Waals surface area (Å²) in [6.07, 6.45) is 12.8. The number of fused-ring (bicyclic) bond motifs is 1. The Labute approximate surface area is 199 Å². The minimum atomic E-state index is -0.446. The van der Waals surface area contributed by atoms with Gasteiger partial charge in [0, 0.05) is 44.6 Å². The van der Waals surface area contributed by atoms with Gasteiger partial charge in [0.05, 0.1) is 0 Å². The predicted octanol–water partition coefficient (Wildman–Crippen LogP) is 2.15. The first-order valence-corrected chi connectivity index (χ1v) is 12.0. The van der Waals surface area contributed by atoms with Gasteiger partial charge in [0.2, 0.25) is 11.9 Å². The van der Waals surface area contributed by atoms with Crippen molar-refractivity contribution in [2.75, 3.05) is 32.8 Å². The molecule has 4 heterocycles. The van der Waals surface area contributed by atoms with E-state index < -0.39 is 5.66 Å². The molecule has 0 bridgehead atoms. The Kier molecular flexibility index (Phi) is 6.53. The third kappa shape index (κ3) is 5.09. The first-order chi connectivity index (χ1) is 16.6. The van der Waals surface area contributed by atoms with E-state index in [1.165, 1.54) is 0 Å². The first kappa shape index (κ1) is 22.5. The van der Waals surface area contributed by atoms with E-state index in [1.807, 2.05) is 35.2 Å². The lowest BCUT2D eigenvalue weighted by Gasteiger charge is -2.42. The number of likely N-dealkylation sites (tertiary alicyclic amines) is 1. The Balaban J connectivity index is 1.12. The number of carbonyl (C=O) groups excluding carboxylic acids is 1. The maximum absolute atomic E-state index is 12.7. The van der Waals surface area contributed by atoms with Crippen molar-refractivity contribution in [1.29, 1.82) is 0 Å². The normalized spacial score (nSPS) is 24.3. The van der Waals surface area contributed by atoms with Crippen molar-refractivity contribution >= 4 is 11.9 Å². The summed E-state index contributed by atoms with van der Waals surface area (Å²) in [7, 11) is 0. The van der Waals surface area contributed by atoms with Crippen molar-refractivity contribution in [1.82, 2.24) is 25.1 Å². The Bertz CT molecular complexity index is 1070. The van der Waals surface area contributed by atoms with Crippen LogP contribution in [0.25, 0.3) is 0 Å². The Morgan fingerprint density at radius 3 is 3.03 bits per heavy atom. The second kappa shape index (κ2) is 9.89. The third-order valence-corrected chi connectivity index (χ3v) is 6.67. The summed E-state index contributed by atoms with van der Waals surface area (Å²) in [6, 6.07) is 5.98. The van der Waals surface area contributed by atoms with Crippen LogP contribution in [0.2, 0.25) is 0 Å². The van der Waals surface area contributed by atoms with E-state index in [4.69, 9.17) is 14.5 Å². The molecule has 34 heavy (non-hydrogen) atoms. The molecule has 0 radical (unpaired) electrons. The quantitative estimate of drug-likeness (QED) is 0.681. The van der Waals surface area contributed by atoms with Crippen molar-refractivity contribution in [3.8, 4) is 11.5 Å². The number of nitrogens with zero attached hydrogens (tertiary/aromatic N) is 4. The van der Waals surface area contributed by atoms with Gasteiger partial charge in [-0.3, -0.25) is 14.3 Å². The number of hydrogen-bond donors (Lipinski definition) is 2. The highest BCUT2D eigenvalue weighted by molar-refractivity contribution is 5.84. The standard InChI is InChI=1S/C25H32N6O3/c1-25(7-9-28-24(29-25)30-12-10-26-18-30)31-11-2-3-20(17-31)16-23(32)27-8-6-19-4-5-21-22(15-19)34-14-13-33-21/h4-5,7,9-10,12,15,18,20H,2-3,6,8,11,13-14,16-17H2,1H3,(H,27,32)(H,28,29). The summed E-state index contributed by atoms with van der Waals surface area (Å²) in [5.74, 6) is 2.76. The zero-order valence-electron chi connectivity index (χ0n) is 19.6. The molecule has 9 nitrogen and oxygen atoms in total. The van der Waals surface area contributed by atoms with Crippen LogP contribution < -0.4 is 20.1 Å². The number of amides is 1. The van der Waals surface area contributed by atoms with Crippen molar-refractivity contribution in [2.24, 2.45) is 10.9 Å². The largest absolute Gasteiger partial charge is 0.486 e. The van der Waals surface area contributed by atoms with Crippen LogP contribution in [0.5, 0.6) is 11.5 Å². The van der Waals surface area contributed by atoms with Gasteiger partial charge in [0.15, 0.2) is 11.5 Å². The van der Waals surface area contributed by atoms with Crippen molar-refractivity contribution in [3.05, 3.63) is 54.8 Å².